The van der Waals surface area contributed by atoms with Crippen molar-refractivity contribution in [1.82, 2.24) is 0 Å². The predicted octanol–water partition coefficient (Wildman–Crippen LogP) is 4.85. The lowest BCUT2D eigenvalue weighted by molar-refractivity contribution is -0.137. The van der Waals surface area contributed by atoms with Gasteiger partial charge in [-0.05, 0) is 30.2 Å². The fourth-order valence-corrected chi connectivity index (χ4v) is 1.23. The van der Waals surface area contributed by atoms with Crippen LogP contribution in [0.2, 0.25) is 0 Å². The Hall–Kier alpha value is -1.77. The van der Waals surface area contributed by atoms with Crippen molar-refractivity contribution in [2.75, 3.05) is 0 Å². The normalized spacial score (nSPS) is 11.8. The summed E-state index contributed by atoms with van der Waals surface area (Å²) in [5.74, 6) is 0. The van der Waals surface area contributed by atoms with Gasteiger partial charge in [0.05, 0.1) is 5.56 Å². The molecule has 0 nitrogen and oxygen atoms in total. The SMILES string of the molecule is C=C(C)/C=C\C(=C)c1cccc(C(F)(F)F)c1. The van der Waals surface area contributed by atoms with Crippen molar-refractivity contribution < 1.29 is 13.2 Å². The second-order valence-corrected chi connectivity index (χ2v) is 3.78. The second kappa shape index (κ2) is 5.04. The third kappa shape index (κ3) is 3.94. The van der Waals surface area contributed by atoms with Crippen LogP contribution in [0.3, 0.4) is 0 Å². The third-order valence-electron chi connectivity index (χ3n) is 2.13. The topological polar surface area (TPSA) is 0 Å². The molecule has 0 saturated carbocycles. The summed E-state index contributed by atoms with van der Waals surface area (Å²) in [6.07, 6.45) is -0.964. The summed E-state index contributed by atoms with van der Waals surface area (Å²) in [6.45, 7) is 9.20. The van der Waals surface area contributed by atoms with Crippen molar-refractivity contribution in [3.8, 4) is 0 Å². The Bertz CT molecular complexity index is 465. The van der Waals surface area contributed by atoms with Crippen LogP contribution in [-0.4, -0.2) is 0 Å². The highest BCUT2D eigenvalue weighted by molar-refractivity contribution is 5.72. The largest absolute Gasteiger partial charge is 0.416 e. The lowest BCUT2D eigenvalue weighted by Crippen LogP contribution is -2.04. The van der Waals surface area contributed by atoms with Crippen LogP contribution in [0.5, 0.6) is 0 Å². The molecule has 3 heteroatoms. The highest BCUT2D eigenvalue weighted by atomic mass is 19.4. The average molecular weight is 238 g/mol. The first-order valence-corrected chi connectivity index (χ1v) is 5.01. The van der Waals surface area contributed by atoms with Gasteiger partial charge in [-0.3, -0.25) is 0 Å². The molecule has 0 aromatic heterocycles. The molecule has 0 bridgehead atoms. The van der Waals surface area contributed by atoms with Crippen molar-refractivity contribution in [2.45, 2.75) is 13.1 Å². The van der Waals surface area contributed by atoms with E-state index >= 15 is 0 Å². The molecular weight excluding hydrogens is 225 g/mol. The van der Waals surface area contributed by atoms with Gasteiger partial charge in [0.15, 0.2) is 0 Å². The molecular formula is C14H13F3. The van der Waals surface area contributed by atoms with Gasteiger partial charge in [0, 0.05) is 0 Å². The summed E-state index contributed by atoms with van der Waals surface area (Å²) in [4.78, 5) is 0. The van der Waals surface area contributed by atoms with E-state index in [2.05, 4.69) is 13.2 Å². The third-order valence-corrected chi connectivity index (χ3v) is 2.13. The summed E-state index contributed by atoms with van der Waals surface area (Å²) in [7, 11) is 0. The number of allylic oxidation sites excluding steroid dienone is 4. The van der Waals surface area contributed by atoms with Crippen LogP contribution in [0, 0.1) is 0 Å². The lowest BCUT2D eigenvalue weighted by atomic mass is 10.0. The molecule has 0 saturated heterocycles. The maximum absolute atomic E-state index is 12.5. The van der Waals surface area contributed by atoms with Crippen LogP contribution in [0.25, 0.3) is 5.57 Å². The number of hydrogen-bond donors (Lipinski definition) is 0. The molecule has 0 aliphatic heterocycles. The zero-order chi connectivity index (χ0) is 13.1. The highest BCUT2D eigenvalue weighted by Gasteiger charge is 2.30. The van der Waals surface area contributed by atoms with E-state index in [4.69, 9.17) is 0 Å². The summed E-state index contributed by atoms with van der Waals surface area (Å²) < 4.78 is 37.5. The minimum Gasteiger partial charge on any atom is -0.166 e. The highest BCUT2D eigenvalue weighted by Crippen LogP contribution is 2.30. The van der Waals surface area contributed by atoms with Gasteiger partial charge in [0.1, 0.15) is 0 Å². The van der Waals surface area contributed by atoms with E-state index in [0.29, 0.717) is 11.1 Å². The van der Waals surface area contributed by atoms with Gasteiger partial charge in [-0.2, -0.15) is 13.2 Å². The molecule has 0 fully saturated rings. The predicted molar refractivity (Wildman–Crippen MR) is 64.4 cm³/mol. The molecule has 1 aromatic rings. The summed E-state index contributed by atoms with van der Waals surface area (Å²) in [5, 5.41) is 0. The Morgan fingerprint density at radius 3 is 2.35 bits per heavy atom. The molecule has 0 spiro atoms. The quantitative estimate of drug-likeness (QED) is 0.660. The monoisotopic (exact) mass is 238 g/mol. The van der Waals surface area contributed by atoms with Gasteiger partial charge >= 0.3 is 6.18 Å². The van der Waals surface area contributed by atoms with Gasteiger partial charge < -0.3 is 0 Å². The van der Waals surface area contributed by atoms with Gasteiger partial charge in [-0.25, -0.2) is 0 Å². The molecule has 17 heavy (non-hydrogen) atoms. The Balaban J connectivity index is 3.00. The number of benzene rings is 1. The Morgan fingerprint density at radius 1 is 1.18 bits per heavy atom. The number of rotatable bonds is 3. The molecule has 0 atom stereocenters. The molecule has 0 aliphatic carbocycles. The molecule has 90 valence electrons. The van der Waals surface area contributed by atoms with E-state index in [0.717, 1.165) is 17.7 Å². The Kier molecular flexibility index (Phi) is 3.94. The Morgan fingerprint density at radius 2 is 1.82 bits per heavy atom. The molecule has 1 rings (SSSR count). The first-order chi connectivity index (χ1) is 7.80. The number of halogens is 3. The maximum atomic E-state index is 12.5. The fraction of sp³-hybridized carbons (Fsp3) is 0.143. The molecule has 0 heterocycles. The van der Waals surface area contributed by atoms with E-state index in [1.807, 2.05) is 0 Å². The Labute approximate surface area is 98.8 Å². The molecule has 0 amide bonds. The first kappa shape index (κ1) is 13.3. The van der Waals surface area contributed by atoms with Crippen LogP contribution in [0.15, 0.2) is 55.1 Å². The second-order valence-electron chi connectivity index (χ2n) is 3.78. The van der Waals surface area contributed by atoms with Crippen LogP contribution < -0.4 is 0 Å². The van der Waals surface area contributed by atoms with Crippen LogP contribution in [-0.2, 0) is 6.18 Å². The van der Waals surface area contributed by atoms with E-state index < -0.39 is 11.7 Å². The molecule has 1 aromatic carbocycles. The zero-order valence-electron chi connectivity index (χ0n) is 9.51. The van der Waals surface area contributed by atoms with Gasteiger partial charge in [-0.15, -0.1) is 0 Å². The summed E-state index contributed by atoms with van der Waals surface area (Å²) in [6, 6.07) is 5.10. The van der Waals surface area contributed by atoms with Crippen LogP contribution >= 0.6 is 0 Å². The standard InChI is InChI=1S/C14H13F3/c1-10(2)7-8-11(3)12-5-4-6-13(9-12)14(15,16)17/h4-9H,1,3H2,2H3/b8-7-. The van der Waals surface area contributed by atoms with E-state index in [9.17, 15) is 13.2 Å². The summed E-state index contributed by atoms with van der Waals surface area (Å²) in [5.41, 5.74) is 1.13. The van der Waals surface area contributed by atoms with Gasteiger partial charge in [0.25, 0.3) is 0 Å². The van der Waals surface area contributed by atoms with E-state index in [-0.39, 0.29) is 0 Å². The summed E-state index contributed by atoms with van der Waals surface area (Å²) >= 11 is 0. The van der Waals surface area contributed by atoms with Crippen LogP contribution in [0.4, 0.5) is 13.2 Å². The lowest BCUT2D eigenvalue weighted by Gasteiger charge is -2.08. The molecule has 0 unspecified atom stereocenters. The minimum absolute atomic E-state index is 0.456. The van der Waals surface area contributed by atoms with Crippen molar-refractivity contribution >= 4 is 5.57 Å². The molecule has 0 N–H and O–H groups in total. The van der Waals surface area contributed by atoms with Gasteiger partial charge in [-0.1, -0.05) is 43.0 Å². The zero-order valence-corrected chi connectivity index (χ0v) is 9.51. The molecule has 0 radical (unpaired) electrons. The average Bonchev–Trinajstić information content (AvgIpc) is 2.25. The van der Waals surface area contributed by atoms with Crippen LogP contribution in [0.1, 0.15) is 18.1 Å². The van der Waals surface area contributed by atoms with Gasteiger partial charge in [0.2, 0.25) is 0 Å². The van der Waals surface area contributed by atoms with Crippen molar-refractivity contribution in [3.63, 3.8) is 0 Å². The van der Waals surface area contributed by atoms with E-state index in [1.165, 1.54) is 6.07 Å². The molecule has 0 aliphatic rings. The fourth-order valence-electron chi connectivity index (χ4n) is 1.23. The number of hydrogen-bond acceptors (Lipinski definition) is 0. The van der Waals surface area contributed by atoms with Crippen molar-refractivity contribution in [2.24, 2.45) is 0 Å². The smallest absolute Gasteiger partial charge is 0.166 e. The maximum Gasteiger partial charge on any atom is 0.416 e. The van der Waals surface area contributed by atoms with E-state index in [1.54, 1.807) is 25.1 Å². The number of alkyl halides is 3. The van der Waals surface area contributed by atoms with Crippen molar-refractivity contribution in [1.29, 1.82) is 0 Å². The minimum atomic E-state index is -4.33. The first-order valence-electron chi connectivity index (χ1n) is 5.01. The van der Waals surface area contributed by atoms with Crippen molar-refractivity contribution in [3.05, 3.63) is 66.3 Å².